The fourth-order valence-electron chi connectivity index (χ4n) is 1.43. The van der Waals surface area contributed by atoms with E-state index < -0.39 is 0 Å². The van der Waals surface area contributed by atoms with E-state index >= 15 is 0 Å². The van der Waals surface area contributed by atoms with Crippen molar-refractivity contribution in [3.8, 4) is 17.4 Å². The van der Waals surface area contributed by atoms with Gasteiger partial charge in [-0.15, -0.1) is 0 Å². The van der Waals surface area contributed by atoms with Gasteiger partial charge in [-0.25, -0.2) is 9.37 Å². The average Bonchev–Trinajstić information content (AvgIpc) is 2.42. The van der Waals surface area contributed by atoms with Gasteiger partial charge in [-0.1, -0.05) is 6.92 Å². The second-order valence-corrected chi connectivity index (χ2v) is 4.69. The molecule has 1 aromatic carbocycles. The lowest BCUT2D eigenvalue weighted by Crippen LogP contribution is -1.98. The van der Waals surface area contributed by atoms with Crippen LogP contribution in [0.4, 0.5) is 4.39 Å². The standard InChI is InChI=1S/C14H13BrFNO2/c1-2-8-18-13-4-3-7-17-14(13)19-10-5-6-11(15)12(16)9-10/h3-7,9H,2,8H2,1H3. The van der Waals surface area contributed by atoms with Crippen molar-refractivity contribution in [1.82, 2.24) is 4.98 Å². The minimum Gasteiger partial charge on any atom is -0.488 e. The van der Waals surface area contributed by atoms with Gasteiger partial charge in [0.2, 0.25) is 0 Å². The van der Waals surface area contributed by atoms with Crippen molar-refractivity contribution in [2.45, 2.75) is 13.3 Å². The molecule has 100 valence electrons. The summed E-state index contributed by atoms with van der Waals surface area (Å²) in [5, 5.41) is 0. The molecule has 1 aromatic heterocycles. The van der Waals surface area contributed by atoms with E-state index in [1.54, 1.807) is 30.5 Å². The highest BCUT2D eigenvalue weighted by Gasteiger charge is 2.08. The number of nitrogens with zero attached hydrogens (tertiary/aromatic N) is 1. The summed E-state index contributed by atoms with van der Waals surface area (Å²) in [6.45, 7) is 2.59. The minimum atomic E-state index is -0.385. The molecule has 0 aliphatic carbocycles. The summed E-state index contributed by atoms with van der Waals surface area (Å²) in [6, 6.07) is 8.07. The van der Waals surface area contributed by atoms with Gasteiger partial charge in [0.25, 0.3) is 5.88 Å². The number of hydrogen-bond donors (Lipinski definition) is 0. The van der Waals surface area contributed by atoms with E-state index in [0.29, 0.717) is 28.5 Å². The van der Waals surface area contributed by atoms with E-state index in [-0.39, 0.29) is 5.82 Å². The first-order valence-corrected chi connectivity index (χ1v) is 6.70. The largest absolute Gasteiger partial charge is 0.488 e. The molecule has 0 atom stereocenters. The van der Waals surface area contributed by atoms with E-state index in [0.717, 1.165) is 6.42 Å². The first-order chi connectivity index (χ1) is 9.20. The molecule has 19 heavy (non-hydrogen) atoms. The van der Waals surface area contributed by atoms with Crippen LogP contribution in [0.25, 0.3) is 0 Å². The number of halogens is 2. The van der Waals surface area contributed by atoms with E-state index in [4.69, 9.17) is 9.47 Å². The van der Waals surface area contributed by atoms with Crippen LogP contribution in [0.5, 0.6) is 17.4 Å². The number of benzene rings is 1. The van der Waals surface area contributed by atoms with Crippen LogP contribution >= 0.6 is 15.9 Å². The number of ether oxygens (including phenoxy) is 2. The van der Waals surface area contributed by atoms with Crippen LogP contribution in [0.2, 0.25) is 0 Å². The van der Waals surface area contributed by atoms with Crippen LogP contribution in [0.3, 0.4) is 0 Å². The van der Waals surface area contributed by atoms with Crippen LogP contribution in [0.15, 0.2) is 41.0 Å². The molecule has 0 bridgehead atoms. The maximum atomic E-state index is 13.4. The summed E-state index contributed by atoms with van der Waals surface area (Å²) in [5.74, 6) is 0.871. The molecule has 0 saturated carbocycles. The molecular weight excluding hydrogens is 313 g/mol. The third kappa shape index (κ3) is 3.67. The molecule has 0 aliphatic rings. The molecule has 3 nitrogen and oxygen atoms in total. The zero-order valence-electron chi connectivity index (χ0n) is 10.4. The van der Waals surface area contributed by atoms with Crippen molar-refractivity contribution >= 4 is 15.9 Å². The Morgan fingerprint density at radius 1 is 1.32 bits per heavy atom. The highest BCUT2D eigenvalue weighted by molar-refractivity contribution is 9.10. The van der Waals surface area contributed by atoms with Crippen molar-refractivity contribution in [3.05, 3.63) is 46.8 Å². The van der Waals surface area contributed by atoms with Crippen LogP contribution in [-0.2, 0) is 0 Å². The second-order valence-electron chi connectivity index (χ2n) is 3.83. The second kappa shape index (κ2) is 6.52. The van der Waals surface area contributed by atoms with Gasteiger partial charge in [-0.2, -0.15) is 0 Å². The zero-order valence-corrected chi connectivity index (χ0v) is 12.0. The predicted molar refractivity (Wildman–Crippen MR) is 74.2 cm³/mol. The number of hydrogen-bond acceptors (Lipinski definition) is 3. The molecule has 0 amide bonds. The van der Waals surface area contributed by atoms with Crippen molar-refractivity contribution in [3.63, 3.8) is 0 Å². The monoisotopic (exact) mass is 325 g/mol. The summed E-state index contributed by atoms with van der Waals surface area (Å²) >= 11 is 3.09. The molecule has 0 fully saturated rings. The fraction of sp³-hybridized carbons (Fsp3) is 0.214. The van der Waals surface area contributed by atoms with E-state index in [9.17, 15) is 4.39 Å². The number of rotatable bonds is 5. The van der Waals surface area contributed by atoms with Gasteiger partial charge < -0.3 is 9.47 Å². The topological polar surface area (TPSA) is 31.4 Å². The minimum absolute atomic E-state index is 0.331. The Labute approximate surface area is 119 Å². The summed E-state index contributed by atoms with van der Waals surface area (Å²) < 4.78 is 24.9. The Hall–Kier alpha value is -1.62. The molecule has 1 heterocycles. The molecule has 0 aliphatic heterocycles. The molecule has 0 saturated heterocycles. The SMILES string of the molecule is CCCOc1cccnc1Oc1ccc(Br)c(F)c1. The zero-order chi connectivity index (χ0) is 13.7. The van der Waals surface area contributed by atoms with Crippen molar-refractivity contribution in [2.24, 2.45) is 0 Å². The molecule has 0 unspecified atom stereocenters. The van der Waals surface area contributed by atoms with Gasteiger partial charge >= 0.3 is 0 Å². The fourth-order valence-corrected chi connectivity index (χ4v) is 1.67. The summed E-state index contributed by atoms with van der Waals surface area (Å²) in [5.41, 5.74) is 0. The predicted octanol–water partition coefficient (Wildman–Crippen LogP) is 4.56. The lowest BCUT2D eigenvalue weighted by molar-refractivity contribution is 0.298. The highest BCUT2D eigenvalue weighted by Crippen LogP contribution is 2.30. The summed E-state index contributed by atoms with van der Waals surface area (Å²) in [4.78, 5) is 4.10. The Bertz CT molecular complexity index is 563. The smallest absolute Gasteiger partial charge is 0.262 e. The molecule has 2 aromatic rings. The summed E-state index contributed by atoms with van der Waals surface area (Å²) in [7, 11) is 0. The lowest BCUT2D eigenvalue weighted by Gasteiger charge is -2.10. The van der Waals surface area contributed by atoms with Gasteiger partial charge in [0.15, 0.2) is 5.75 Å². The Morgan fingerprint density at radius 3 is 2.89 bits per heavy atom. The number of aromatic nitrogens is 1. The first kappa shape index (κ1) is 13.8. The van der Waals surface area contributed by atoms with Gasteiger partial charge in [-0.3, -0.25) is 0 Å². The van der Waals surface area contributed by atoms with Crippen LogP contribution in [0, 0.1) is 5.82 Å². The molecule has 2 rings (SSSR count). The molecule has 5 heteroatoms. The van der Waals surface area contributed by atoms with E-state index in [2.05, 4.69) is 20.9 Å². The Morgan fingerprint density at radius 2 is 2.16 bits per heavy atom. The Kier molecular flexibility index (Phi) is 4.74. The van der Waals surface area contributed by atoms with Gasteiger partial charge in [0.1, 0.15) is 11.6 Å². The van der Waals surface area contributed by atoms with Gasteiger partial charge in [0, 0.05) is 12.3 Å². The van der Waals surface area contributed by atoms with Gasteiger partial charge in [0.05, 0.1) is 11.1 Å². The van der Waals surface area contributed by atoms with Gasteiger partial charge in [-0.05, 0) is 46.6 Å². The maximum Gasteiger partial charge on any atom is 0.262 e. The molecule has 0 spiro atoms. The quantitative estimate of drug-likeness (QED) is 0.807. The van der Waals surface area contributed by atoms with E-state index in [1.807, 2.05) is 6.92 Å². The van der Waals surface area contributed by atoms with Crippen LogP contribution in [0.1, 0.15) is 13.3 Å². The van der Waals surface area contributed by atoms with Crippen molar-refractivity contribution in [2.75, 3.05) is 6.61 Å². The Balaban J connectivity index is 2.20. The molecule has 0 N–H and O–H groups in total. The van der Waals surface area contributed by atoms with Crippen molar-refractivity contribution < 1.29 is 13.9 Å². The average molecular weight is 326 g/mol. The third-order valence-electron chi connectivity index (χ3n) is 2.30. The molecular formula is C14H13BrFNO2. The first-order valence-electron chi connectivity index (χ1n) is 5.91. The van der Waals surface area contributed by atoms with E-state index in [1.165, 1.54) is 6.07 Å². The number of pyridine rings is 1. The normalized spacial score (nSPS) is 10.3. The van der Waals surface area contributed by atoms with Crippen LogP contribution < -0.4 is 9.47 Å². The highest BCUT2D eigenvalue weighted by atomic mass is 79.9. The summed E-state index contributed by atoms with van der Waals surface area (Å²) in [6.07, 6.45) is 2.49. The third-order valence-corrected chi connectivity index (χ3v) is 2.95. The maximum absolute atomic E-state index is 13.4. The lowest BCUT2D eigenvalue weighted by atomic mass is 10.3. The van der Waals surface area contributed by atoms with Crippen LogP contribution in [-0.4, -0.2) is 11.6 Å². The molecule has 0 radical (unpaired) electrons. The van der Waals surface area contributed by atoms with Crippen molar-refractivity contribution in [1.29, 1.82) is 0 Å².